The molecule has 0 aliphatic heterocycles. The third-order valence-corrected chi connectivity index (χ3v) is 2.88. The van der Waals surface area contributed by atoms with Crippen molar-refractivity contribution in [1.29, 1.82) is 0 Å². The Balaban J connectivity index is 1.90. The molecule has 2 rings (SSSR count). The quantitative estimate of drug-likeness (QED) is 0.793. The van der Waals surface area contributed by atoms with E-state index in [4.69, 9.17) is 4.74 Å². The van der Waals surface area contributed by atoms with Crippen molar-refractivity contribution < 1.29 is 9.53 Å². The molecule has 3 nitrogen and oxygen atoms in total. The normalized spacial score (nSPS) is 10.2. The minimum atomic E-state index is 0.534. The molecule has 0 radical (unpaired) electrons. The molecule has 4 heteroatoms. The van der Waals surface area contributed by atoms with E-state index in [0.29, 0.717) is 18.8 Å². The van der Waals surface area contributed by atoms with Crippen molar-refractivity contribution in [3.63, 3.8) is 0 Å². The van der Waals surface area contributed by atoms with Crippen LogP contribution in [0.3, 0.4) is 0 Å². The Labute approximate surface area is 108 Å². The number of nitrogens with zero attached hydrogens (tertiary/aromatic N) is 1. The first-order chi connectivity index (χ1) is 8.29. The molecule has 0 aliphatic carbocycles. The number of halogens is 1. The zero-order chi connectivity index (χ0) is 12.1. The van der Waals surface area contributed by atoms with E-state index in [2.05, 4.69) is 15.9 Å². The number of rotatable bonds is 5. The highest BCUT2D eigenvalue weighted by molar-refractivity contribution is 9.10. The van der Waals surface area contributed by atoms with E-state index in [9.17, 15) is 4.79 Å². The second-order valence-corrected chi connectivity index (χ2v) is 4.47. The minimum Gasteiger partial charge on any atom is -0.492 e. The molecule has 0 spiro atoms. The summed E-state index contributed by atoms with van der Waals surface area (Å²) in [4.78, 5) is 10.7. The summed E-state index contributed by atoms with van der Waals surface area (Å²) in [5.41, 5.74) is 0.669. The van der Waals surface area contributed by atoms with Crippen LogP contribution in [0.15, 0.2) is 47.1 Å². The lowest BCUT2D eigenvalue weighted by Crippen LogP contribution is -2.09. The number of aldehydes is 1. The summed E-state index contributed by atoms with van der Waals surface area (Å²) >= 11 is 3.38. The second-order valence-electron chi connectivity index (χ2n) is 3.55. The van der Waals surface area contributed by atoms with Gasteiger partial charge in [-0.25, -0.2) is 0 Å². The van der Waals surface area contributed by atoms with Gasteiger partial charge in [-0.15, -0.1) is 0 Å². The third-order valence-electron chi connectivity index (χ3n) is 2.38. The summed E-state index contributed by atoms with van der Waals surface area (Å²) in [6.07, 6.45) is 2.72. The summed E-state index contributed by atoms with van der Waals surface area (Å²) in [6.45, 7) is 1.19. The first kappa shape index (κ1) is 11.9. The second kappa shape index (κ2) is 5.68. The van der Waals surface area contributed by atoms with Gasteiger partial charge in [0.1, 0.15) is 12.4 Å². The molecular weight excluding hydrogens is 282 g/mol. The van der Waals surface area contributed by atoms with E-state index in [0.717, 1.165) is 16.5 Å². The van der Waals surface area contributed by atoms with E-state index >= 15 is 0 Å². The maximum Gasteiger partial charge on any atom is 0.166 e. The van der Waals surface area contributed by atoms with Crippen molar-refractivity contribution in [1.82, 2.24) is 4.57 Å². The van der Waals surface area contributed by atoms with Crippen LogP contribution in [-0.2, 0) is 6.54 Å². The number of ether oxygens (including phenoxy) is 1. The Morgan fingerprint density at radius 1 is 1.29 bits per heavy atom. The highest BCUT2D eigenvalue weighted by Crippen LogP contribution is 2.17. The van der Waals surface area contributed by atoms with Crippen molar-refractivity contribution in [2.24, 2.45) is 0 Å². The van der Waals surface area contributed by atoms with Crippen LogP contribution in [0.2, 0.25) is 0 Å². The molecule has 0 saturated carbocycles. The predicted molar refractivity (Wildman–Crippen MR) is 69.5 cm³/mol. The zero-order valence-corrected chi connectivity index (χ0v) is 10.8. The van der Waals surface area contributed by atoms with Gasteiger partial charge in [-0.1, -0.05) is 22.0 Å². The summed E-state index contributed by atoms with van der Waals surface area (Å²) in [5, 5.41) is 0. The molecule has 0 saturated heterocycles. The van der Waals surface area contributed by atoms with Crippen LogP contribution in [0, 0.1) is 0 Å². The molecule has 0 unspecified atom stereocenters. The van der Waals surface area contributed by atoms with Crippen molar-refractivity contribution >= 4 is 22.2 Å². The lowest BCUT2D eigenvalue weighted by molar-refractivity contribution is 0.111. The molecule has 17 heavy (non-hydrogen) atoms. The van der Waals surface area contributed by atoms with Crippen LogP contribution in [0.1, 0.15) is 10.5 Å². The fourth-order valence-electron chi connectivity index (χ4n) is 1.56. The molecule has 2 aromatic rings. The SMILES string of the molecule is O=Cc1cccn1CCOc1cccc(Br)c1. The predicted octanol–water partition coefficient (Wildman–Crippen LogP) is 3.14. The first-order valence-corrected chi connectivity index (χ1v) is 6.07. The lowest BCUT2D eigenvalue weighted by atomic mass is 10.3. The largest absolute Gasteiger partial charge is 0.492 e. The van der Waals surface area contributed by atoms with Crippen LogP contribution >= 0.6 is 15.9 Å². The van der Waals surface area contributed by atoms with E-state index in [1.54, 1.807) is 6.07 Å². The summed E-state index contributed by atoms with van der Waals surface area (Å²) in [6, 6.07) is 11.3. The molecule has 0 fully saturated rings. The number of carbonyl (C=O) groups is 1. The van der Waals surface area contributed by atoms with E-state index in [1.165, 1.54) is 0 Å². The number of hydrogen-bond acceptors (Lipinski definition) is 2. The van der Waals surface area contributed by atoms with E-state index in [1.807, 2.05) is 41.1 Å². The Morgan fingerprint density at radius 2 is 2.18 bits per heavy atom. The van der Waals surface area contributed by atoms with Gasteiger partial charge in [0.2, 0.25) is 0 Å². The standard InChI is InChI=1S/C13H12BrNO2/c14-11-3-1-5-13(9-11)17-8-7-15-6-2-4-12(15)10-16/h1-6,9-10H,7-8H2. The fraction of sp³-hybridized carbons (Fsp3) is 0.154. The van der Waals surface area contributed by atoms with Gasteiger partial charge in [0.05, 0.1) is 12.2 Å². The number of hydrogen-bond donors (Lipinski definition) is 0. The third kappa shape index (κ3) is 3.20. The van der Waals surface area contributed by atoms with Gasteiger partial charge >= 0.3 is 0 Å². The Bertz CT molecular complexity index is 508. The smallest absolute Gasteiger partial charge is 0.166 e. The Kier molecular flexibility index (Phi) is 3.98. The van der Waals surface area contributed by atoms with Gasteiger partial charge in [-0.05, 0) is 30.3 Å². The van der Waals surface area contributed by atoms with Gasteiger partial charge < -0.3 is 9.30 Å². The average molecular weight is 294 g/mol. The number of aromatic nitrogens is 1. The topological polar surface area (TPSA) is 31.2 Å². The summed E-state index contributed by atoms with van der Waals surface area (Å²) < 4.78 is 8.45. The number of benzene rings is 1. The van der Waals surface area contributed by atoms with Crippen LogP contribution in [0.25, 0.3) is 0 Å². The monoisotopic (exact) mass is 293 g/mol. The summed E-state index contributed by atoms with van der Waals surface area (Å²) in [7, 11) is 0. The molecule has 0 atom stereocenters. The van der Waals surface area contributed by atoms with E-state index in [-0.39, 0.29) is 0 Å². The minimum absolute atomic E-state index is 0.534. The fourth-order valence-corrected chi connectivity index (χ4v) is 1.93. The maximum absolute atomic E-state index is 10.7. The van der Waals surface area contributed by atoms with Crippen molar-refractivity contribution in [2.45, 2.75) is 6.54 Å². The van der Waals surface area contributed by atoms with Gasteiger partial charge in [0, 0.05) is 10.7 Å². The van der Waals surface area contributed by atoms with Crippen molar-refractivity contribution in [3.8, 4) is 5.75 Å². The van der Waals surface area contributed by atoms with E-state index < -0.39 is 0 Å². The zero-order valence-electron chi connectivity index (χ0n) is 9.17. The molecule has 0 aliphatic rings. The number of carbonyl (C=O) groups excluding carboxylic acids is 1. The molecule has 1 aromatic heterocycles. The highest BCUT2D eigenvalue weighted by atomic mass is 79.9. The average Bonchev–Trinajstić information content (AvgIpc) is 2.77. The van der Waals surface area contributed by atoms with Crippen LogP contribution < -0.4 is 4.74 Å². The first-order valence-electron chi connectivity index (χ1n) is 5.28. The molecule has 0 bridgehead atoms. The molecular formula is C13H12BrNO2. The molecule has 0 N–H and O–H groups in total. The van der Waals surface area contributed by atoms with Gasteiger partial charge in [0.15, 0.2) is 6.29 Å². The maximum atomic E-state index is 10.7. The van der Waals surface area contributed by atoms with Crippen LogP contribution in [-0.4, -0.2) is 17.5 Å². The molecule has 88 valence electrons. The van der Waals surface area contributed by atoms with Crippen LogP contribution in [0.4, 0.5) is 0 Å². The Morgan fingerprint density at radius 3 is 2.94 bits per heavy atom. The Hall–Kier alpha value is -1.55. The molecule has 1 heterocycles. The summed E-state index contributed by atoms with van der Waals surface area (Å²) in [5.74, 6) is 0.819. The van der Waals surface area contributed by atoms with Gasteiger partial charge in [0.25, 0.3) is 0 Å². The van der Waals surface area contributed by atoms with Gasteiger partial charge in [-0.2, -0.15) is 0 Å². The molecule has 0 amide bonds. The lowest BCUT2D eigenvalue weighted by Gasteiger charge is -2.08. The van der Waals surface area contributed by atoms with Crippen molar-refractivity contribution in [2.75, 3.05) is 6.61 Å². The van der Waals surface area contributed by atoms with Crippen molar-refractivity contribution in [3.05, 3.63) is 52.8 Å². The highest BCUT2D eigenvalue weighted by Gasteiger charge is 1.99. The molecule has 1 aromatic carbocycles. The van der Waals surface area contributed by atoms with Gasteiger partial charge in [-0.3, -0.25) is 4.79 Å². The van der Waals surface area contributed by atoms with Crippen LogP contribution in [0.5, 0.6) is 5.75 Å².